The van der Waals surface area contributed by atoms with Crippen molar-refractivity contribution in [1.82, 2.24) is 9.55 Å². The fourth-order valence-electron chi connectivity index (χ4n) is 3.50. The number of fused-ring (bicyclic) bond motifs is 1. The van der Waals surface area contributed by atoms with Crippen LogP contribution in [0.15, 0.2) is 46.0 Å². The van der Waals surface area contributed by atoms with E-state index in [1.165, 1.54) is 29.7 Å². The van der Waals surface area contributed by atoms with Crippen LogP contribution >= 0.6 is 11.6 Å². The summed E-state index contributed by atoms with van der Waals surface area (Å²) in [5.74, 6) is -0.852. The predicted octanol–water partition coefficient (Wildman–Crippen LogP) is 3.76. The van der Waals surface area contributed by atoms with Gasteiger partial charge in [-0.3, -0.25) is 23.9 Å². The number of rotatable bonds is 7. The van der Waals surface area contributed by atoms with E-state index < -0.39 is 11.2 Å². The summed E-state index contributed by atoms with van der Waals surface area (Å²) in [7, 11) is 0. The second kappa shape index (κ2) is 12.9. The summed E-state index contributed by atoms with van der Waals surface area (Å²) in [5.41, 5.74) is 0.673. The first-order chi connectivity index (χ1) is 17.1. The minimum Gasteiger partial charge on any atom is -0.326 e. The number of aromatic nitrogens is 2. The highest BCUT2D eigenvalue weighted by atomic mass is 35.5. The number of H-pyrrole nitrogens is 1. The van der Waals surface area contributed by atoms with Crippen LogP contribution in [0.4, 0.5) is 11.4 Å². The van der Waals surface area contributed by atoms with Crippen molar-refractivity contribution in [2.24, 2.45) is 5.92 Å². The Morgan fingerprint density at radius 3 is 2.14 bits per heavy atom. The Morgan fingerprint density at radius 1 is 1.06 bits per heavy atom. The Balaban J connectivity index is 0.00000145. The van der Waals surface area contributed by atoms with E-state index in [1.807, 2.05) is 6.07 Å². The molecular weight excluding hydrogens is 484 g/mol. The van der Waals surface area contributed by atoms with Gasteiger partial charge in [0, 0.05) is 37.7 Å². The average Bonchev–Trinajstić information content (AvgIpc) is 2.80. The number of nitriles is 2. The Kier molecular flexibility index (Phi) is 9.96. The van der Waals surface area contributed by atoms with Crippen LogP contribution in [0.3, 0.4) is 0 Å². The van der Waals surface area contributed by atoms with Crippen LogP contribution in [0.2, 0.25) is 5.02 Å². The van der Waals surface area contributed by atoms with Gasteiger partial charge in [-0.1, -0.05) is 18.5 Å². The monoisotopic (exact) mass is 508 g/mol. The summed E-state index contributed by atoms with van der Waals surface area (Å²) in [6.07, 6.45) is 0.190. The summed E-state index contributed by atoms with van der Waals surface area (Å²) in [5, 5.41) is 22.2. The van der Waals surface area contributed by atoms with Gasteiger partial charge in [0.05, 0.1) is 27.6 Å². The zero-order valence-corrected chi connectivity index (χ0v) is 20.8. The van der Waals surface area contributed by atoms with Gasteiger partial charge in [0.2, 0.25) is 11.8 Å². The second-order valence-corrected chi connectivity index (χ2v) is 8.28. The highest BCUT2D eigenvalue weighted by molar-refractivity contribution is 6.32. The number of nitrogens with zero attached hydrogens (tertiary/aromatic N) is 3. The van der Waals surface area contributed by atoms with Crippen molar-refractivity contribution in [3.63, 3.8) is 0 Å². The minimum absolute atomic E-state index is 0.0877. The van der Waals surface area contributed by atoms with E-state index in [1.54, 1.807) is 38.1 Å². The number of benzene rings is 2. The first kappa shape index (κ1) is 27.8. The number of hydrogen-bond acceptors (Lipinski definition) is 6. The summed E-state index contributed by atoms with van der Waals surface area (Å²) < 4.78 is 1.43. The standard InChI is InChI=1S/C23H22ClN5O4.C2H3N/c1-3-29-19-7-6-15(10-17(19)22(32)28-23(29)33)26-20(30)8-13(2)9-21(31)27-16-5-4-14(12-25)18(24)11-16;1-2-3/h4-7,10-11,13H,3,8-9H2,1-2H3,(H,26,30)(H,27,31)(H,28,32,33);1H3. The smallest absolute Gasteiger partial charge is 0.326 e. The van der Waals surface area contributed by atoms with Crippen LogP contribution in [-0.4, -0.2) is 21.4 Å². The molecule has 1 heterocycles. The highest BCUT2D eigenvalue weighted by Crippen LogP contribution is 2.21. The maximum Gasteiger partial charge on any atom is 0.328 e. The van der Waals surface area contributed by atoms with E-state index in [-0.39, 0.29) is 35.6 Å². The average molecular weight is 509 g/mol. The molecule has 11 heteroatoms. The van der Waals surface area contributed by atoms with Crippen molar-refractivity contribution in [2.45, 2.75) is 40.2 Å². The quantitative estimate of drug-likeness (QED) is 0.440. The van der Waals surface area contributed by atoms with Gasteiger partial charge >= 0.3 is 5.69 Å². The van der Waals surface area contributed by atoms with Crippen LogP contribution in [0.5, 0.6) is 0 Å². The Bertz CT molecular complexity index is 1480. The normalized spacial score (nSPS) is 10.8. The third-order valence-corrected chi connectivity index (χ3v) is 5.35. The molecule has 1 unspecified atom stereocenters. The molecule has 36 heavy (non-hydrogen) atoms. The molecule has 0 saturated carbocycles. The summed E-state index contributed by atoms with van der Waals surface area (Å²) >= 11 is 5.97. The second-order valence-electron chi connectivity index (χ2n) is 7.88. The van der Waals surface area contributed by atoms with E-state index >= 15 is 0 Å². The van der Waals surface area contributed by atoms with Crippen molar-refractivity contribution in [1.29, 1.82) is 10.5 Å². The van der Waals surface area contributed by atoms with Gasteiger partial charge in [0.25, 0.3) is 5.56 Å². The molecule has 3 aromatic rings. The predicted molar refractivity (Wildman–Crippen MR) is 138 cm³/mol. The molecule has 3 rings (SSSR count). The Morgan fingerprint density at radius 2 is 1.61 bits per heavy atom. The first-order valence-electron chi connectivity index (χ1n) is 11.0. The lowest BCUT2D eigenvalue weighted by Crippen LogP contribution is -2.29. The first-order valence-corrected chi connectivity index (χ1v) is 11.4. The fraction of sp³-hybridized carbons (Fsp3) is 0.280. The minimum atomic E-state index is -0.524. The molecule has 0 aliphatic heterocycles. The molecule has 0 bridgehead atoms. The Hall–Kier alpha value is -4.41. The van der Waals surface area contributed by atoms with Gasteiger partial charge < -0.3 is 10.6 Å². The summed E-state index contributed by atoms with van der Waals surface area (Å²) in [6.45, 7) is 5.39. The maximum atomic E-state index is 12.4. The number of halogens is 1. The van der Waals surface area contributed by atoms with Gasteiger partial charge in [-0.15, -0.1) is 0 Å². The largest absolute Gasteiger partial charge is 0.328 e. The maximum absolute atomic E-state index is 12.4. The lowest BCUT2D eigenvalue weighted by atomic mass is 10.0. The lowest BCUT2D eigenvalue weighted by Gasteiger charge is -2.13. The lowest BCUT2D eigenvalue weighted by molar-refractivity contribution is -0.118. The molecule has 0 aliphatic rings. The molecule has 3 N–H and O–H groups in total. The van der Waals surface area contributed by atoms with E-state index in [4.69, 9.17) is 22.1 Å². The highest BCUT2D eigenvalue weighted by Gasteiger charge is 2.15. The number of carbonyl (C=O) groups is 2. The molecule has 2 amide bonds. The zero-order valence-electron chi connectivity index (χ0n) is 20.0. The molecule has 0 radical (unpaired) electrons. The van der Waals surface area contributed by atoms with Crippen LogP contribution in [0.1, 0.15) is 39.2 Å². The number of amides is 2. The molecule has 1 atom stereocenters. The van der Waals surface area contributed by atoms with Crippen molar-refractivity contribution in [3.8, 4) is 12.1 Å². The number of nitrogens with one attached hydrogen (secondary N) is 3. The van der Waals surface area contributed by atoms with Gasteiger partial charge in [0.1, 0.15) is 6.07 Å². The van der Waals surface area contributed by atoms with Gasteiger partial charge in [-0.25, -0.2) is 4.79 Å². The Labute approximate surface area is 212 Å². The molecule has 2 aromatic carbocycles. The van der Waals surface area contributed by atoms with E-state index in [0.29, 0.717) is 34.4 Å². The number of aromatic amines is 1. The van der Waals surface area contributed by atoms with Gasteiger partial charge in [0.15, 0.2) is 0 Å². The molecule has 0 saturated heterocycles. The zero-order chi connectivity index (χ0) is 26.8. The molecule has 0 spiro atoms. The number of carbonyl (C=O) groups excluding carboxylic acids is 2. The van der Waals surface area contributed by atoms with E-state index in [2.05, 4.69) is 15.6 Å². The number of hydrogen-bond donors (Lipinski definition) is 3. The molecule has 0 aliphatic carbocycles. The number of anilines is 2. The van der Waals surface area contributed by atoms with Crippen LogP contribution < -0.4 is 21.9 Å². The van der Waals surface area contributed by atoms with Crippen LogP contribution in [-0.2, 0) is 16.1 Å². The fourth-order valence-corrected chi connectivity index (χ4v) is 3.72. The van der Waals surface area contributed by atoms with Crippen molar-refractivity contribution in [3.05, 3.63) is 67.8 Å². The van der Waals surface area contributed by atoms with E-state index in [0.717, 1.165) is 0 Å². The molecule has 10 nitrogen and oxygen atoms in total. The summed E-state index contributed by atoms with van der Waals surface area (Å²) in [6, 6.07) is 13.0. The summed E-state index contributed by atoms with van der Waals surface area (Å²) in [4.78, 5) is 51.1. The molecule has 0 fully saturated rings. The molecular formula is C25H25ClN6O4. The van der Waals surface area contributed by atoms with Crippen molar-refractivity contribution < 1.29 is 9.59 Å². The van der Waals surface area contributed by atoms with E-state index in [9.17, 15) is 19.2 Å². The van der Waals surface area contributed by atoms with Crippen LogP contribution in [0, 0.1) is 28.6 Å². The number of aryl methyl sites for hydroxylation is 1. The van der Waals surface area contributed by atoms with Crippen molar-refractivity contribution in [2.75, 3.05) is 10.6 Å². The van der Waals surface area contributed by atoms with Crippen molar-refractivity contribution >= 4 is 45.7 Å². The molecule has 1 aromatic heterocycles. The van der Waals surface area contributed by atoms with Gasteiger partial charge in [-0.05, 0) is 49.2 Å². The third kappa shape index (κ3) is 7.29. The van der Waals surface area contributed by atoms with Crippen LogP contribution in [0.25, 0.3) is 10.9 Å². The van der Waals surface area contributed by atoms with Gasteiger partial charge in [-0.2, -0.15) is 10.5 Å². The third-order valence-electron chi connectivity index (χ3n) is 5.04. The topological polar surface area (TPSA) is 161 Å². The molecule has 186 valence electrons. The SMILES string of the molecule is CC#N.CCn1c(=O)[nH]c(=O)c2cc(NC(=O)CC(C)CC(=O)Nc3ccc(C#N)c(Cl)c3)ccc21.